The lowest BCUT2D eigenvalue weighted by Crippen LogP contribution is -2.48. The van der Waals surface area contributed by atoms with Crippen molar-refractivity contribution < 1.29 is 26.3 Å². The lowest BCUT2D eigenvalue weighted by Gasteiger charge is -2.34. The molecule has 1 aliphatic rings. The summed E-state index contributed by atoms with van der Waals surface area (Å²) >= 11 is 0. The van der Waals surface area contributed by atoms with Gasteiger partial charge in [-0.25, -0.2) is 18.4 Å². The number of anilines is 1. The molecule has 1 saturated heterocycles. The minimum atomic E-state index is -4.76. The van der Waals surface area contributed by atoms with E-state index in [1.165, 1.54) is 34.8 Å². The van der Waals surface area contributed by atoms with Gasteiger partial charge in [0.1, 0.15) is 17.3 Å². The average molecular weight is 578 g/mol. The Balaban J connectivity index is 1.46. The number of hydrogen-bond donors (Lipinski definition) is 0. The number of halogens is 3. The summed E-state index contributed by atoms with van der Waals surface area (Å²) in [6, 6.07) is 11.1. The number of ether oxygens (including phenoxy) is 1. The second-order valence-corrected chi connectivity index (χ2v) is 11.3. The fraction of sp³-hybridized carbons (Fsp3) is 0.385. The molecule has 4 rings (SSSR count). The number of rotatable bonds is 7. The lowest BCUT2D eigenvalue weighted by atomic mass is 10.2. The molecule has 0 unspecified atom stereocenters. The highest BCUT2D eigenvalue weighted by Gasteiger charge is 2.31. The van der Waals surface area contributed by atoms with Crippen LogP contribution in [0.5, 0.6) is 5.75 Å². The summed E-state index contributed by atoms with van der Waals surface area (Å²) in [5.41, 5.74) is 3.67. The van der Waals surface area contributed by atoms with Crippen molar-refractivity contribution in [2.75, 3.05) is 44.4 Å². The van der Waals surface area contributed by atoms with E-state index in [0.29, 0.717) is 55.5 Å². The molecule has 3 aromatic rings. The van der Waals surface area contributed by atoms with Crippen molar-refractivity contribution >= 4 is 27.4 Å². The van der Waals surface area contributed by atoms with Crippen molar-refractivity contribution in [1.29, 1.82) is 0 Å². The largest absolute Gasteiger partial charge is 0.573 e. The Morgan fingerprint density at radius 3 is 2.35 bits per heavy atom. The molecule has 0 spiro atoms. The predicted molar refractivity (Wildman–Crippen MR) is 147 cm³/mol. The van der Waals surface area contributed by atoms with Gasteiger partial charge in [0.05, 0.1) is 18.5 Å². The number of amidine groups is 1. The van der Waals surface area contributed by atoms with Gasteiger partial charge in [-0.1, -0.05) is 0 Å². The van der Waals surface area contributed by atoms with E-state index in [2.05, 4.69) is 24.6 Å². The number of aryl methyl sites for hydroxylation is 1. The number of aliphatic imine (C=N–C) groups is 2. The second-order valence-electron chi connectivity index (χ2n) is 9.32. The van der Waals surface area contributed by atoms with Gasteiger partial charge in [0.2, 0.25) is 10.0 Å². The summed E-state index contributed by atoms with van der Waals surface area (Å²) < 4.78 is 68.2. The zero-order chi connectivity index (χ0) is 29.1. The Morgan fingerprint density at radius 2 is 1.75 bits per heavy atom. The maximum Gasteiger partial charge on any atom is 0.573 e. The minimum Gasteiger partial charge on any atom is -0.406 e. The number of hydrogen-bond acceptors (Lipinski definition) is 7. The first-order valence-electron chi connectivity index (χ1n) is 12.4. The lowest BCUT2D eigenvalue weighted by molar-refractivity contribution is -0.274. The van der Waals surface area contributed by atoms with Crippen LogP contribution in [0.4, 0.5) is 19.0 Å². The molecule has 1 fully saturated rings. The van der Waals surface area contributed by atoms with Gasteiger partial charge in [0.15, 0.2) is 5.84 Å². The molecular formula is C26H30F3N7O3S. The Kier molecular flexibility index (Phi) is 8.59. The third-order valence-electron chi connectivity index (χ3n) is 6.36. The van der Waals surface area contributed by atoms with Gasteiger partial charge in [0.25, 0.3) is 0 Å². The fourth-order valence-electron chi connectivity index (χ4n) is 4.27. The van der Waals surface area contributed by atoms with Crippen LogP contribution in [0.15, 0.2) is 58.6 Å². The smallest absolute Gasteiger partial charge is 0.406 e. The minimum absolute atomic E-state index is 0.322. The summed E-state index contributed by atoms with van der Waals surface area (Å²) in [5.74, 6) is 0.805. The van der Waals surface area contributed by atoms with Gasteiger partial charge in [0, 0.05) is 50.7 Å². The first kappa shape index (κ1) is 29.2. The maximum absolute atomic E-state index is 12.5. The topological polar surface area (TPSA) is 105 Å². The summed E-state index contributed by atoms with van der Waals surface area (Å²) in [5, 5.41) is 4.70. The molecule has 14 heteroatoms. The normalized spacial score (nSPS) is 15.9. The average Bonchev–Trinajstić information content (AvgIpc) is 3.26. The SMILES string of the molecule is CN=C(N=C(C)c1cc(C)n(Cc2ccnc(N3CCN(S(C)(=O)=O)CC3)c2)n1)c1ccc(OC(F)(F)F)cc1. The highest BCUT2D eigenvalue weighted by atomic mass is 32.2. The van der Waals surface area contributed by atoms with Crippen LogP contribution < -0.4 is 9.64 Å². The molecule has 2 aromatic heterocycles. The summed E-state index contributed by atoms with van der Waals surface area (Å²) in [4.78, 5) is 15.3. The van der Waals surface area contributed by atoms with Crippen LogP contribution in [-0.2, 0) is 16.6 Å². The van der Waals surface area contributed by atoms with Gasteiger partial charge in [-0.15, -0.1) is 13.2 Å². The monoisotopic (exact) mass is 577 g/mol. The number of alkyl halides is 3. The molecule has 0 bridgehead atoms. The third-order valence-corrected chi connectivity index (χ3v) is 7.66. The molecule has 40 heavy (non-hydrogen) atoms. The maximum atomic E-state index is 12.5. The van der Waals surface area contributed by atoms with Crippen molar-refractivity contribution in [3.05, 3.63) is 71.2 Å². The highest BCUT2D eigenvalue weighted by Crippen LogP contribution is 2.23. The zero-order valence-electron chi connectivity index (χ0n) is 22.6. The van der Waals surface area contributed by atoms with E-state index in [9.17, 15) is 21.6 Å². The molecule has 1 aliphatic heterocycles. The number of pyridine rings is 1. The van der Waals surface area contributed by atoms with Crippen LogP contribution >= 0.6 is 0 Å². The number of sulfonamides is 1. The van der Waals surface area contributed by atoms with E-state index >= 15 is 0 Å². The molecule has 0 atom stereocenters. The molecular weight excluding hydrogens is 547 g/mol. The third kappa shape index (κ3) is 7.45. The van der Waals surface area contributed by atoms with E-state index in [-0.39, 0.29) is 5.75 Å². The summed E-state index contributed by atoms with van der Waals surface area (Å²) in [7, 11) is -1.65. The van der Waals surface area contributed by atoms with Gasteiger partial charge in [-0.05, 0) is 61.9 Å². The number of benzene rings is 1. The van der Waals surface area contributed by atoms with E-state index in [0.717, 1.165) is 17.1 Å². The van der Waals surface area contributed by atoms with Crippen LogP contribution in [0.2, 0.25) is 0 Å². The van der Waals surface area contributed by atoms with Crippen LogP contribution in [0, 0.1) is 6.92 Å². The van der Waals surface area contributed by atoms with Gasteiger partial charge in [-0.3, -0.25) is 9.67 Å². The molecule has 0 saturated carbocycles. The standard InChI is InChI=1S/C26H30F3N7O3S/c1-18-15-23(19(2)32-25(30-3)21-5-7-22(8-6-21)39-26(27,28)29)33-36(18)17-20-9-10-31-24(16-20)34-11-13-35(14-12-34)40(4,37)38/h5-10,15-16H,11-14,17H2,1-4H3. The first-order valence-corrected chi connectivity index (χ1v) is 14.3. The molecule has 0 N–H and O–H groups in total. The van der Waals surface area contributed by atoms with Gasteiger partial charge in [-0.2, -0.15) is 9.40 Å². The Bertz CT molecular complexity index is 1510. The molecule has 1 aromatic carbocycles. The van der Waals surface area contributed by atoms with Gasteiger partial charge < -0.3 is 9.64 Å². The van der Waals surface area contributed by atoms with E-state index in [4.69, 9.17) is 5.10 Å². The highest BCUT2D eigenvalue weighted by molar-refractivity contribution is 7.88. The van der Waals surface area contributed by atoms with Crippen molar-refractivity contribution in [3.63, 3.8) is 0 Å². The molecule has 0 amide bonds. The molecule has 3 heterocycles. The zero-order valence-corrected chi connectivity index (χ0v) is 23.4. The van der Waals surface area contributed by atoms with Crippen molar-refractivity contribution in [3.8, 4) is 5.75 Å². The quantitative estimate of drug-likeness (QED) is 0.315. The molecule has 0 radical (unpaired) electrons. The van der Waals surface area contributed by atoms with Crippen molar-refractivity contribution in [1.82, 2.24) is 19.1 Å². The Hall–Kier alpha value is -3.78. The second kappa shape index (κ2) is 11.8. The van der Waals surface area contributed by atoms with Crippen LogP contribution in [-0.4, -0.2) is 84.9 Å². The fourth-order valence-corrected chi connectivity index (χ4v) is 5.09. The van der Waals surface area contributed by atoms with E-state index in [1.54, 1.807) is 20.2 Å². The van der Waals surface area contributed by atoms with Crippen LogP contribution in [0.1, 0.15) is 29.4 Å². The van der Waals surface area contributed by atoms with Crippen molar-refractivity contribution in [2.45, 2.75) is 26.8 Å². The summed E-state index contributed by atoms with van der Waals surface area (Å²) in [6.45, 7) is 6.17. The molecule has 0 aliphatic carbocycles. The number of nitrogens with zero attached hydrogens (tertiary/aromatic N) is 7. The van der Waals surface area contributed by atoms with Gasteiger partial charge >= 0.3 is 6.36 Å². The van der Waals surface area contributed by atoms with Crippen molar-refractivity contribution in [2.24, 2.45) is 9.98 Å². The van der Waals surface area contributed by atoms with Crippen LogP contribution in [0.25, 0.3) is 0 Å². The Morgan fingerprint density at radius 1 is 1.07 bits per heavy atom. The van der Waals surface area contributed by atoms with E-state index in [1.807, 2.05) is 29.8 Å². The number of piperazine rings is 1. The van der Waals surface area contributed by atoms with Crippen LogP contribution in [0.3, 0.4) is 0 Å². The molecule has 214 valence electrons. The predicted octanol–water partition coefficient (Wildman–Crippen LogP) is 3.50. The summed E-state index contributed by atoms with van der Waals surface area (Å²) in [6.07, 6.45) is -1.81. The first-order chi connectivity index (χ1) is 18.8. The number of aromatic nitrogens is 3. The van der Waals surface area contributed by atoms with E-state index < -0.39 is 16.4 Å². The Labute approximate surface area is 230 Å². The molecule has 10 nitrogen and oxygen atoms in total.